The van der Waals surface area contributed by atoms with Gasteiger partial charge in [-0.3, -0.25) is 0 Å². The Balaban J connectivity index is 0.000000820. The predicted molar refractivity (Wildman–Crippen MR) is 104 cm³/mol. The number of allylic oxidation sites excluding steroid dienone is 6. The SMILES string of the molecule is CCCCCCCCCCCCC([O-])=C1C=CC=C1.[Fe+2].c1cc[cH-]c1. The van der Waals surface area contributed by atoms with Crippen molar-refractivity contribution in [1.82, 2.24) is 0 Å². The van der Waals surface area contributed by atoms with Crippen LogP contribution in [0.15, 0.2) is 66.0 Å². The van der Waals surface area contributed by atoms with Crippen LogP contribution < -0.4 is 5.11 Å². The molecule has 1 aliphatic rings. The third-order valence-electron chi connectivity index (χ3n) is 4.30. The molecule has 1 aromatic rings. The average molecular weight is 382 g/mol. The van der Waals surface area contributed by atoms with Crippen LogP contribution in [-0.2, 0) is 17.1 Å². The van der Waals surface area contributed by atoms with Gasteiger partial charge in [0, 0.05) is 0 Å². The molecule has 0 radical (unpaired) electrons. The van der Waals surface area contributed by atoms with Crippen molar-refractivity contribution in [2.24, 2.45) is 0 Å². The summed E-state index contributed by atoms with van der Waals surface area (Å²) in [6.45, 7) is 2.26. The minimum absolute atomic E-state index is 0. The maximum atomic E-state index is 11.7. The van der Waals surface area contributed by atoms with Gasteiger partial charge < -0.3 is 5.11 Å². The van der Waals surface area contributed by atoms with Crippen molar-refractivity contribution in [3.8, 4) is 0 Å². The molecule has 0 aromatic heterocycles. The molecule has 2 heteroatoms. The van der Waals surface area contributed by atoms with Crippen LogP contribution in [0, 0.1) is 0 Å². The number of hydrogen-bond donors (Lipinski definition) is 0. The number of unbranched alkanes of at least 4 members (excludes halogenated alkanes) is 9. The summed E-state index contributed by atoms with van der Waals surface area (Å²) in [6, 6.07) is 10.0. The Hall–Kier alpha value is -1.11. The first-order valence-electron chi connectivity index (χ1n) is 9.76. The standard InChI is InChI=1S/C18H30O.C5H5.Fe/c1-2-3-4-5-6-7-8-9-10-11-16-18(19)17-14-12-13-15-17;1-2-4-5-3-1;/h12-15,19H,2-11,16H2,1H3;1-5H;/q;-1;+2/p-1. The van der Waals surface area contributed by atoms with E-state index in [0.29, 0.717) is 5.76 Å². The Morgan fingerprint density at radius 3 is 1.72 bits per heavy atom. The third kappa shape index (κ3) is 13.8. The van der Waals surface area contributed by atoms with E-state index in [0.717, 1.165) is 18.4 Å². The molecule has 0 fully saturated rings. The van der Waals surface area contributed by atoms with Gasteiger partial charge in [-0.15, -0.1) is 5.76 Å². The smallest absolute Gasteiger partial charge is 0.875 e. The van der Waals surface area contributed by atoms with E-state index in [4.69, 9.17) is 0 Å². The van der Waals surface area contributed by atoms with Gasteiger partial charge in [0.15, 0.2) is 0 Å². The van der Waals surface area contributed by atoms with Gasteiger partial charge in [0.05, 0.1) is 0 Å². The molecule has 0 aliphatic heterocycles. The summed E-state index contributed by atoms with van der Waals surface area (Å²) in [6.07, 6.45) is 21.6. The van der Waals surface area contributed by atoms with Gasteiger partial charge in [-0.2, -0.15) is 18.2 Å². The Morgan fingerprint density at radius 2 is 1.28 bits per heavy atom. The van der Waals surface area contributed by atoms with E-state index in [2.05, 4.69) is 6.92 Å². The molecule has 2 rings (SSSR count). The van der Waals surface area contributed by atoms with Crippen molar-refractivity contribution < 1.29 is 22.2 Å². The van der Waals surface area contributed by atoms with E-state index in [1.807, 2.05) is 54.6 Å². The molecule has 0 amide bonds. The Morgan fingerprint density at radius 1 is 0.800 bits per heavy atom. The molecule has 140 valence electrons. The molecule has 0 saturated carbocycles. The molecule has 0 saturated heterocycles. The molecule has 0 heterocycles. The average Bonchev–Trinajstić information content (AvgIpc) is 3.32. The van der Waals surface area contributed by atoms with Crippen LogP contribution >= 0.6 is 0 Å². The van der Waals surface area contributed by atoms with Crippen LogP contribution in [0.3, 0.4) is 0 Å². The van der Waals surface area contributed by atoms with Gasteiger partial charge in [-0.1, -0.05) is 95.4 Å². The zero-order valence-electron chi connectivity index (χ0n) is 15.7. The first-order valence-corrected chi connectivity index (χ1v) is 9.76. The van der Waals surface area contributed by atoms with Crippen molar-refractivity contribution in [2.45, 2.75) is 77.6 Å². The largest absolute Gasteiger partial charge is 2.00 e. The Labute approximate surface area is 165 Å². The molecule has 0 unspecified atom stereocenters. The van der Waals surface area contributed by atoms with Crippen LogP contribution in [0.2, 0.25) is 0 Å². The fourth-order valence-corrected chi connectivity index (χ4v) is 2.80. The van der Waals surface area contributed by atoms with E-state index in [1.54, 1.807) is 0 Å². The molecule has 1 aliphatic carbocycles. The quantitative estimate of drug-likeness (QED) is 0.187. The van der Waals surface area contributed by atoms with Gasteiger partial charge in [0.25, 0.3) is 0 Å². The van der Waals surface area contributed by atoms with Crippen molar-refractivity contribution in [1.29, 1.82) is 0 Å². The van der Waals surface area contributed by atoms with Gasteiger partial charge in [0.1, 0.15) is 0 Å². The molecule has 1 nitrogen and oxygen atoms in total. The van der Waals surface area contributed by atoms with Crippen LogP contribution in [0.4, 0.5) is 0 Å². The molecule has 0 spiro atoms. The van der Waals surface area contributed by atoms with Crippen molar-refractivity contribution >= 4 is 0 Å². The maximum absolute atomic E-state index is 11.7. The molecule has 0 N–H and O–H groups in total. The zero-order chi connectivity index (χ0) is 17.3. The topological polar surface area (TPSA) is 23.1 Å². The van der Waals surface area contributed by atoms with Gasteiger partial charge >= 0.3 is 17.1 Å². The molecule has 25 heavy (non-hydrogen) atoms. The zero-order valence-corrected chi connectivity index (χ0v) is 16.8. The monoisotopic (exact) mass is 382 g/mol. The summed E-state index contributed by atoms with van der Waals surface area (Å²) in [5, 5.41) is 11.7. The van der Waals surface area contributed by atoms with Gasteiger partial charge in [0.2, 0.25) is 0 Å². The fourth-order valence-electron chi connectivity index (χ4n) is 2.80. The van der Waals surface area contributed by atoms with Crippen LogP contribution in [0.25, 0.3) is 0 Å². The van der Waals surface area contributed by atoms with Gasteiger partial charge in [-0.05, 0) is 12.0 Å². The van der Waals surface area contributed by atoms with E-state index >= 15 is 0 Å². The van der Waals surface area contributed by atoms with Crippen molar-refractivity contribution in [3.05, 3.63) is 66.0 Å². The summed E-state index contributed by atoms with van der Waals surface area (Å²) in [5.74, 6) is 0.310. The maximum Gasteiger partial charge on any atom is 2.00 e. The summed E-state index contributed by atoms with van der Waals surface area (Å²) in [4.78, 5) is 0. The molecule has 0 atom stereocenters. The number of hydrogen-bond acceptors (Lipinski definition) is 1. The summed E-state index contributed by atoms with van der Waals surface area (Å²) in [7, 11) is 0. The minimum Gasteiger partial charge on any atom is -0.875 e. The van der Waals surface area contributed by atoms with E-state index in [-0.39, 0.29) is 17.1 Å². The molecule has 0 bridgehead atoms. The number of rotatable bonds is 11. The van der Waals surface area contributed by atoms with E-state index in [9.17, 15) is 5.11 Å². The van der Waals surface area contributed by atoms with Gasteiger partial charge in [-0.25, -0.2) is 12.1 Å². The van der Waals surface area contributed by atoms with E-state index < -0.39 is 0 Å². The van der Waals surface area contributed by atoms with E-state index in [1.165, 1.54) is 57.8 Å². The normalized spacial score (nSPS) is 11.8. The Bertz CT molecular complexity index is 437. The fraction of sp³-hybridized carbons (Fsp3) is 0.522. The van der Waals surface area contributed by atoms with Crippen LogP contribution in [0.1, 0.15) is 77.6 Å². The second kappa shape index (κ2) is 17.7. The molecule has 1 aromatic carbocycles. The second-order valence-corrected chi connectivity index (χ2v) is 6.49. The van der Waals surface area contributed by atoms with Crippen LogP contribution in [0.5, 0.6) is 0 Å². The predicted octanol–water partition coefficient (Wildman–Crippen LogP) is 6.44. The van der Waals surface area contributed by atoms with Crippen molar-refractivity contribution in [3.63, 3.8) is 0 Å². The van der Waals surface area contributed by atoms with Crippen LogP contribution in [-0.4, -0.2) is 0 Å². The Kier molecular flexibility index (Phi) is 16.9. The second-order valence-electron chi connectivity index (χ2n) is 6.49. The first-order chi connectivity index (χ1) is 11.8. The minimum atomic E-state index is 0. The third-order valence-corrected chi connectivity index (χ3v) is 4.30. The summed E-state index contributed by atoms with van der Waals surface area (Å²) >= 11 is 0. The van der Waals surface area contributed by atoms with Crippen molar-refractivity contribution in [2.75, 3.05) is 0 Å². The molecular formula is C23H34FeO. The summed E-state index contributed by atoms with van der Waals surface area (Å²) < 4.78 is 0. The first kappa shape index (κ1) is 23.9. The summed E-state index contributed by atoms with van der Waals surface area (Å²) in [5.41, 5.74) is 0.885. The molecular weight excluding hydrogens is 348 g/mol.